The zero-order valence-corrected chi connectivity index (χ0v) is 11.8. The van der Waals surface area contributed by atoms with Crippen molar-refractivity contribution in [2.24, 2.45) is 0 Å². The Hall–Kier alpha value is -1.11. The molecule has 0 amide bonds. The Balaban J connectivity index is 2.97. The molecule has 1 aromatic rings. The van der Waals surface area contributed by atoms with Crippen molar-refractivity contribution in [1.29, 1.82) is 0 Å². The van der Waals surface area contributed by atoms with Crippen molar-refractivity contribution in [2.45, 2.75) is 20.0 Å². The molecule has 102 valence electrons. The first-order chi connectivity index (χ1) is 8.24. The monoisotopic (exact) mass is 273 g/mol. The molecule has 2 N–H and O–H groups in total. The van der Waals surface area contributed by atoms with Gasteiger partial charge in [-0.05, 0) is 37.1 Å². The van der Waals surface area contributed by atoms with Gasteiger partial charge in [-0.25, -0.2) is 13.1 Å². The quantitative estimate of drug-likeness (QED) is 0.835. The SMILES string of the molecule is COc1cc(C)c(C)cc1C(O)CNS(C)(=O)=O. The summed E-state index contributed by atoms with van der Waals surface area (Å²) in [7, 11) is -1.80. The van der Waals surface area contributed by atoms with Gasteiger partial charge < -0.3 is 9.84 Å². The lowest BCUT2D eigenvalue weighted by atomic mass is 10.0. The highest BCUT2D eigenvalue weighted by molar-refractivity contribution is 7.88. The minimum absolute atomic E-state index is 0.0717. The van der Waals surface area contributed by atoms with E-state index in [-0.39, 0.29) is 6.54 Å². The number of hydrogen-bond acceptors (Lipinski definition) is 4. The standard InChI is InChI=1S/C12H19NO4S/c1-8-5-10(12(17-3)6-9(8)2)11(14)7-13-18(4,15)16/h5-6,11,13-14H,7H2,1-4H3. The van der Waals surface area contributed by atoms with Crippen LogP contribution in [0.5, 0.6) is 5.75 Å². The van der Waals surface area contributed by atoms with Crippen molar-refractivity contribution in [2.75, 3.05) is 19.9 Å². The molecule has 0 saturated heterocycles. The lowest BCUT2D eigenvalue weighted by Crippen LogP contribution is -2.27. The first-order valence-electron chi connectivity index (χ1n) is 5.52. The Morgan fingerprint density at radius 2 is 1.89 bits per heavy atom. The molecule has 1 unspecified atom stereocenters. The third kappa shape index (κ3) is 3.97. The minimum atomic E-state index is -3.32. The van der Waals surface area contributed by atoms with Gasteiger partial charge in [0.05, 0.1) is 19.5 Å². The maximum atomic E-state index is 11.0. The summed E-state index contributed by atoms with van der Waals surface area (Å²) in [6.07, 6.45) is 0.117. The Labute approximate surface area is 108 Å². The fourth-order valence-electron chi connectivity index (χ4n) is 1.59. The van der Waals surface area contributed by atoms with Crippen LogP contribution in [0.2, 0.25) is 0 Å². The van der Waals surface area contributed by atoms with Crippen LogP contribution in [0.4, 0.5) is 0 Å². The summed E-state index contributed by atoms with van der Waals surface area (Å²) in [6.45, 7) is 3.80. The molecule has 0 radical (unpaired) electrons. The number of methoxy groups -OCH3 is 1. The number of aryl methyl sites for hydroxylation is 2. The van der Waals surface area contributed by atoms with E-state index in [1.165, 1.54) is 7.11 Å². The lowest BCUT2D eigenvalue weighted by molar-refractivity contribution is 0.177. The fourth-order valence-corrected chi connectivity index (χ4v) is 2.05. The predicted molar refractivity (Wildman–Crippen MR) is 70.3 cm³/mol. The van der Waals surface area contributed by atoms with Crippen molar-refractivity contribution in [3.63, 3.8) is 0 Å². The van der Waals surface area contributed by atoms with Crippen LogP contribution >= 0.6 is 0 Å². The Morgan fingerprint density at radius 1 is 1.33 bits per heavy atom. The molecule has 0 aliphatic heterocycles. The van der Waals surface area contributed by atoms with E-state index >= 15 is 0 Å². The second kappa shape index (κ2) is 5.69. The predicted octanol–water partition coefficient (Wildman–Crippen LogP) is 0.895. The molecule has 5 nitrogen and oxygen atoms in total. The molecule has 18 heavy (non-hydrogen) atoms. The van der Waals surface area contributed by atoms with Crippen molar-refractivity contribution < 1.29 is 18.3 Å². The third-order valence-corrected chi connectivity index (χ3v) is 3.43. The maximum absolute atomic E-state index is 11.0. The van der Waals surface area contributed by atoms with Crippen molar-refractivity contribution in [1.82, 2.24) is 4.72 Å². The van der Waals surface area contributed by atoms with Gasteiger partial charge in [0, 0.05) is 12.1 Å². The summed E-state index contributed by atoms with van der Waals surface area (Å²) in [5.74, 6) is 0.556. The first kappa shape index (κ1) is 14.9. The lowest BCUT2D eigenvalue weighted by Gasteiger charge is -2.17. The largest absolute Gasteiger partial charge is 0.496 e. The summed E-state index contributed by atoms with van der Waals surface area (Å²) >= 11 is 0. The van der Waals surface area contributed by atoms with E-state index in [1.807, 2.05) is 26.0 Å². The second-order valence-corrected chi connectivity index (χ2v) is 6.15. The summed E-state index contributed by atoms with van der Waals surface area (Å²) in [5.41, 5.74) is 2.65. The first-order valence-corrected chi connectivity index (χ1v) is 7.41. The zero-order valence-electron chi connectivity index (χ0n) is 11.0. The Bertz CT molecular complexity index is 525. The van der Waals surface area contributed by atoms with E-state index in [0.717, 1.165) is 17.4 Å². The number of aliphatic hydroxyl groups is 1. The third-order valence-electron chi connectivity index (χ3n) is 2.74. The average molecular weight is 273 g/mol. The van der Waals surface area contributed by atoms with Crippen LogP contribution in [0.25, 0.3) is 0 Å². The summed E-state index contributed by atoms with van der Waals surface area (Å²) < 4.78 is 29.4. The van der Waals surface area contributed by atoms with Crippen LogP contribution in [0.1, 0.15) is 22.8 Å². The molecule has 0 aliphatic carbocycles. The number of ether oxygens (including phenoxy) is 1. The van der Waals surface area contributed by atoms with E-state index in [0.29, 0.717) is 11.3 Å². The van der Waals surface area contributed by atoms with Crippen LogP contribution < -0.4 is 9.46 Å². The molecule has 1 aromatic carbocycles. The number of benzene rings is 1. The number of rotatable bonds is 5. The molecule has 0 bridgehead atoms. The highest BCUT2D eigenvalue weighted by Crippen LogP contribution is 2.28. The topological polar surface area (TPSA) is 75.6 Å². The average Bonchev–Trinajstić information content (AvgIpc) is 2.28. The molecule has 0 spiro atoms. The number of hydrogen-bond donors (Lipinski definition) is 2. The molecular weight excluding hydrogens is 254 g/mol. The van der Waals surface area contributed by atoms with Gasteiger partial charge in [0.25, 0.3) is 0 Å². The highest BCUT2D eigenvalue weighted by Gasteiger charge is 2.16. The fraction of sp³-hybridized carbons (Fsp3) is 0.500. The molecule has 1 rings (SSSR count). The molecule has 0 aliphatic rings. The summed E-state index contributed by atoms with van der Waals surface area (Å²) in [5, 5.41) is 10.0. The van der Waals surface area contributed by atoms with Crippen LogP contribution in [0, 0.1) is 13.8 Å². The molecular formula is C12H19NO4S. The zero-order chi connectivity index (χ0) is 13.9. The van der Waals surface area contributed by atoms with Crippen molar-refractivity contribution >= 4 is 10.0 Å². The molecule has 0 saturated carbocycles. The summed E-state index contributed by atoms with van der Waals surface area (Å²) in [4.78, 5) is 0. The van der Waals surface area contributed by atoms with Gasteiger partial charge >= 0.3 is 0 Å². The van der Waals surface area contributed by atoms with Gasteiger partial charge in [0.1, 0.15) is 5.75 Å². The highest BCUT2D eigenvalue weighted by atomic mass is 32.2. The van der Waals surface area contributed by atoms with Gasteiger partial charge in [-0.3, -0.25) is 0 Å². The number of nitrogens with one attached hydrogen (secondary N) is 1. The Kier molecular flexibility index (Phi) is 4.72. The van der Waals surface area contributed by atoms with Gasteiger partial charge in [0.15, 0.2) is 0 Å². The Morgan fingerprint density at radius 3 is 2.39 bits per heavy atom. The van der Waals surface area contributed by atoms with Crippen LogP contribution in [-0.2, 0) is 10.0 Å². The van der Waals surface area contributed by atoms with Crippen LogP contribution in [0.15, 0.2) is 12.1 Å². The van der Waals surface area contributed by atoms with Gasteiger partial charge in [-0.2, -0.15) is 0 Å². The van der Waals surface area contributed by atoms with E-state index < -0.39 is 16.1 Å². The summed E-state index contributed by atoms with van der Waals surface area (Å²) in [6, 6.07) is 3.64. The van der Waals surface area contributed by atoms with E-state index in [1.54, 1.807) is 0 Å². The van der Waals surface area contributed by atoms with Crippen LogP contribution in [-0.4, -0.2) is 33.4 Å². The van der Waals surface area contributed by atoms with Crippen molar-refractivity contribution in [3.05, 3.63) is 28.8 Å². The number of sulfonamides is 1. The van der Waals surface area contributed by atoms with Gasteiger partial charge in [-0.1, -0.05) is 0 Å². The van der Waals surface area contributed by atoms with E-state index in [2.05, 4.69) is 4.72 Å². The number of aliphatic hydroxyl groups excluding tert-OH is 1. The van der Waals surface area contributed by atoms with Crippen LogP contribution in [0.3, 0.4) is 0 Å². The molecule has 0 fully saturated rings. The molecule has 6 heteroatoms. The normalized spacial score (nSPS) is 13.4. The van der Waals surface area contributed by atoms with E-state index in [9.17, 15) is 13.5 Å². The van der Waals surface area contributed by atoms with E-state index in [4.69, 9.17) is 4.74 Å². The van der Waals surface area contributed by atoms with Gasteiger partial charge in [-0.15, -0.1) is 0 Å². The maximum Gasteiger partial charge on any atom is 0.208 e. The van der Waals surface area contributed by atoms with Crippen molar-refractivity contribution in [3.8, 4) is 5.75 Å². The molecule has 0 heterocycles. The smallest absolute Gasteiger partial charge is 0.208 e. The van der Waals surface area contributed by atoms with Gasteiger partial charge in [0.2, 0.25) is 10.0 Å². The minimum Gasteiger partial charge on any atom is -0.496 e. The molecule has 1 atom stereocenters. The molecule has 0 aromatic heterocycles. The second-order valence-electron chi connectivity index (χ2n) is 4.31.